The Morgan fingerprint density at radius 3 is 2.53 bits per heavy atom. The van der Waals surface area contributed by atoms with Crippen LogP contribution in [-0.2, 0) is 4.79 Å². The predicted octanol–water partition coefficient (Wildman–Crippen LogP) is 4.99. The van der Waals surface area contributed by atoms with Gasteiger partial charge in [-0.2, -0.15) is 0 Å². The third kappa shape index (κ3) is 5.30. The minimum absolute atomic E-state index is 0.181. The minimum Gasteiger partial charge on any atom is -0.369 e. The van der Waals surface area contributed by atoms with Crippen molar-refractivity contribution in [2.45, 2.75) is 37.6 Å². The molecule has 2 heterocycles. The molecule has 0 radical (unpaired) electrons. The summed E-state index contributed by atoms with van der Waals surface area (Å²) in [5, 5.41) is 6.66. The zero-order chi connectivity index (χ0) is 22.7. The van der Waals surface area contributed by atoms with Crippen molar-refractivity contribution in [3.8, 4) is 0 Å². The molecule has 2 N–H and O–H groups in total. The van der Waals surface area contributed by atoms with Gasteiger partial charge < -0.3 is 20.4 Å². The number of amides is 2. The Labute approximate surface area is 206 Å². The fraction of sp³-hybridized carbons (Fsp3) is 0.478. The minimum atomic E-state index is -0.895. The van der Waals surface area contributed by atoms with E-state index in [1.165, 1.54) is 11.3 Å². The van der Waals surface area contributed by atoms with Gasteiger partial charge in [-0.15, -0.1) is 11.3 Å². The largest absolute Gasteiger partial charge is 0.369 e. The van der Waals surface area contributed by atoms with Crippen LogP contribution in [-0.4, -0.2) is 55.5 Å². The number of nitrogens with one attached hydrogen (secondary N) is 2. The first-order valence-electron chi connectivity index (χ1n) is 11.0. The molecule has 6 nitrogen and oxygen atoms in total. The first-order valence-corrected chi connectivity index (χ1v) is 13.0. The maximum Gasteiger partial charge on any atom is 0.262 e. The van der Waals surface area contributed by atoms with Crippen LogP contribution in [0, 0.1) is 0 Å². The van der Waals surface area contributed by atoms with Crippen LogP contribution in [0.4, 0.5) is 11.4 Å². The number of halogens is 2. The van der Waals surface area contributed by atoms with Crippen LogP contribution in [0.1, 0.15) is 41.8 Å². The molecule has 1 aromatic heterocycles. The lowest BCUT2D eigenvalue weighted by molar-refractivity contribution is -0.122. The van der Waals surface area contributed by atoms with E-state index < -0.39 is 5.54 Å². The lowest BCUT2D eigenvalue weighted by atomic mass is 9.95. The Bertz CT molecular complexity index is 992. The van der Waals surface area contributed by atoms with Gasteiger partial charge in [0.2, 0.25) is 5.91 Å². The molecule has 1 aliphatic heterocycles. The normalized spacial score (nSPS) is 18.9. The number of hydrogen-bond donors (Lipinski definition) is 2. The fourth-order valence-electron chi connectivity index (χ4n) is 4.48. The molecule has 4 rings (SSSR count). The third-order valence-corrected chi connectivity index (χ3v) is 8.23. The number of rotatable bonds is 5. The summed E-state index contributed by atoms with van der Waals surface area (Å²) in [6, 6.07) is 9.29. The number of carbonyl (C=O) groups is 2. The lowest BCUT2D eigenvalue weighted by Gasteiger charge is -2.29. The van der Waals surface area contributed by atoms with Gasteiger partial charge in [0, 0.05) is 25.3 Å². The smallest absolute Gasteiger partial charge is 0.262 e. The molecule has 2 aromatic rings. The first-order chi connectivity index (χ1) is 15.4. The van der Waals surface area contributed by atoms with Crippen molar-refractivity contribution in [2.24, 2.45) is 0 Å². The van der Waals surface area contributed by atoms with Crippen LogP contribution < -0.4 is 15.5 Å². The molecular weight excluding hydrogens is 512 g/mol. The van der Waals surface area contributed by atoms with E-state index >= 15 is 0 Å². The molecule has 2 fully saturated rings. The molecule has 9 heteroatoms. The summed E-state index contributed by atoms with van der Waals surface area (Å²) < 4.78 is 0.887. The van der Waals surface area contributed by atoms with E-state index in [-0.39, 0.29) is 11.8 Å². The van der Waals surface area contributed by atoms with E-state index in [1.54, 1.807) is 6.07 Å². The van der Waals surface area contributed by atoms with Crippen molar-refractivity contribution in [3.63, 3.8) is 0 Å². The zero-order valence-corrected chi connectivity index (χ0v) is 21.3. The number of thiophene rings is 1. The molecule has 2 aliphatic rings. The van der Waals surface area contributed by atoms with Gasteiger partial charge in [-0.3, -0.25) is 9.59 Å². The van der Waals surface area contributed by atoms with Crippen molar-refractivity contribution < 1.29 is 9.59 Å². The topological polar surface area (TPSA) is 64.7 Å². The van der Waals surface area contributed by atoms with Gasteiger partial charge in [-0.1, -0.05) is 24.4 Å². The van der Waals surface area contributed by atoms with E-state index in [9.17, 15) is 9.59 Å². The van der Waals surface area contributed by atoms with Gasteiger partial charge in [-0.25, -0.2) is 0 Å². The van der Waals surface area contributed by atoms with Gasteiger partial charge in [0.05, 0.1) is 19.4 Å². The van der Waals surface area contributed by atoms with Gasteiger partial charge >= 0.3 is 0 Å². The van der Waals surface area contributed by atoms with E-state index in [4.69, 9.17) is 11.6 Å². The first kappa shape index (κ1) is 23.5. The number of likely N-dealkylation sites (N-methyl/N-ethyl adjacent to an activating group) is 1. The predicted molar refractivity (Wildman–Crippen MR) is 135 cm³/mol. The Balaban J connectivity index is 1.46. The monoisotopic (exact) mass is 538 g/mol. The summed E-state index contributed by atoms with van der Waals surface area (Å²) in [6.45, 7) is 3.97. The van der Waals surface area contributed by atoms with Crippen molar-refractivity contribution in [1.82, 2.24) is 10.2 Å². The van der Waals surface area contributed by atoms with Gasteiger partial charge in [0.1, 0.15) is 5.54 Å². The molecule has 2 amide bonds. The average molecular weight is 540 g/mol. The van der Waals surface area contributed by atoms with Crippen LogP contribution in [0.5, 0.6) is 0 Å². The molecule has 172 valence electrons. The van der Waals surface area contributed by atoms with Crippen molar-refractivity contribution >= 4 is 62.1 Å². The molecule has 0 unspecified atom stereocenters. The summed E-state index contributed by atoms with van der Waals surface area (Å²) in [6.07, 6.45) is 4.17. The van der Waals surface area contributed by atoms with Crippen LogP contribution in [0.3, 0.4) is 0 Å². The third-order valence-electron chi connectivity index (χ3n) is 6.31. The lowest BCUT2D eigenvalue weighted by Crippen LogP contribution is -2.54. The van der Waals surface area contributed by atoms with Crippen molar-refractivity contribution in [2.75, 3.05) is 43.4 Å². The molecule has 0 bridgehead atoms. The summed E-state index contributed by atoms with van der Waals surface area (Å²) in [5.74, 6) is -0.392. The van der Waals surface area contributed by atoms with Crippen LogP contribution in [0.15, 0.2) is 34.1 Å². The Hall–Kier alpha value is -1.61. The highest BCUT2D eigenvalue weighted by Gasteiger charge is 2.42. The Morgan fingerprint density at radius 2 is 1.84 bits per heavy atom. The molecule has 1 aromatic carbocycles. The number of hydrogen-bond acceptors (Lipinski definition) is 5. The number of anilines is 2. The number of carbonyl (C=O) groups excluding carboxylic acids is 2. The van der Waals surface area contributed by atoms with E-state index in [0.29, 0.717) is 28.4 Å². The van der Waals surface area contributed by atoms with E-state index in [0.717, 1.165) is 54.9 Å². The molecule has 1 aliphatic carbocycles. The summed E-state index contributed by atoms with van der Waals surface area (Å²) >= 11 is 11.4. The average Bonchev–Trinajstić information content (AvgIpc) is 3.35. The molecule has 32 heavy (non-hydrogen) atoms. The van der Waals surface area contributed by atoms with Crippen LogP contribution in [0.2, 0.25) is 5.02 Å². The molecule has 1 saturated heterocycles. The van der Waals surface area contributed by atoms with E-state index in [2.05, 4.69) is 43.4 Å². The Morgan fingerprint density at radius 1 is 1.06 bits per heavy atom. The van der Waals surface area contributed by atoms with Crippen molar-refractivity contribution in [1.29, 1.82) is 0 Å². The van der Waals surface area contributed by atoms with Gasteiger partial charge in [0.25, 0.3) is 5.91 Å². The second-order valence-corrected chi connectivity index (χ2v) is 11.5. The maximum absolute atomic E-state index is 13.3. The quantitative estimate of drug-likeness (QED) is 0.562. The standard InChI is InChI=1S/C23H28BrClN4O2S/c1-28-11-4-12-29(14-13-28)18-6-5-16(15-17(18)25)26-22(31)23(9-2-3-10-23)27-21(30)19-7-8-20(24)32-19/h5-8,15H,2-4,9-14H2,1H3,(H,26,31)(H,27,30). The number of benzene rings is 1. The summed E-state index contributed by atoms with van der Waals surface area (Å²) in [4.78, 5) is 31.3. The maximum atomic E-state index is 13.3. The highest BCUT2D eigenvalue weighted by atomic mass is 79.9. The zero-order valence-electron chi connectivity index (χ0n) is 18.1. The molecule has 0 atom stereocenters. The summed E-state index contributed by atoms with van der Waals surface area (Å²) in [5.41, 5.74) is 0.746. The van der Waals surface area contributed by atoms with Gasteiger partial charge in [-0.05, 0) is 79.1 Å². The fourth-order valence-corrected chi connectivity index (χ4v) is 6.06. The molecule has 1 saturated carbocycles. The van der Waals surface area contributed by atoms with Crippen LogP contribution in [0.25, 0.3) is 0 Å². The number of nitrogens with zero attached hydrogens (tertiary/aromatic N) is 2. The Kier molecular flexibility index (Phi) is 7.44. The van der Waals surface area contributed by atoms with Crippen LogP contribution >= 0.6 is 38.9 Å². The summed E-state index contributed by atoms with van der Waals surface area (Å²) in [7, 11) is 2.14. The molecule has 0 spiro atoms. The highest BCUT2D eigenvalue weighted by Crippen LogP contribution is 2.34. The van der Waals surface area contributed by atoms with Crippen molar-refractivity contribution in [3.05, 3.63) is 44.0 Å². The SMILES string of the molecule is CN1CCCN(c2ccc(NC(=O)C3(NC(=O)c4ccc(Br)s4)CCCC3)cc2Cl)CC1. The second kappa shape index (κ2) is 10.1. The van der Waals surface area contributed by atoms with E-state index in [1.807, 2.05) is 24.3 Å². The molecular formula is C23H28BrClN4O2S. The highest BCUT2D eigenvalue weighted by molar-refractivity contribution is 9.11. The van der Waals surface area contributed by atoms with Gasteiger partial charge in [0.15, 0.2) is 0 Å². The second-order valence-electron chi connectivity index (χ2n) is 8.61.